The highest BCUT2D eigenvalue weighted by molar-refractivity contribution is 5.88. The summed E-state index contributed by atoms with van der Waals surface area (Å²) in [4.78, 5) is 15.4. The Labute approximate surface area is 149 Å². The molecule has 1 atom stereocenters. The van der Waals surface area contributed by atoms with E-state index in [-0.39, 0.29) is 12.3 Å². The third kappa shape index (κ3) is 4.98. The van der Waals surface area contributed by atoms with Gasteiger partial charge in [-0.25, -0.2) is 0 Å². The Hall–Kier alpha value is -3.03. The molecule has 1 aromatic carbocycles. The van der Waals surface area contributed by atoms with E-state index in [2.05, 4.69) is 15.6 Å². The maximum Gasteiger partial charge on any atom is 0.321 e. The van der Waals surface area contributed by atoms with E-state index in [1.807, 2.05) is 0 Å². The molecule has 2 rings (SSSR count). The number of halogens is 2. The van der Waals surface area contributed by atoms with Gasteiger partial charge in [0.15, 0.2) is 0 Å². The molecule has 4 N–H and O–H groups in total. The lowest BCUT2D eigenvalue weighted by Gasteiger charge is -2.19. The molecule has 0 saturated heterocycles. The molecule has 0 saturated carbocycles. The number of aromatic hydroxyl groups is 1. The van der Waals surface area contributed by atoms with Gasteiger partial charge in [0.2, 0.25) is 0 Å². The van der Waals surface area contributed by atoms with Crippen molar-refractivity contribution >= 4 is 17.8 Å². The maximum atomic E-state index is 12.9. The first-order chi connectivity index (χ1) is 12.2. The lowest BCUT2D eigenvalue weighted by Crippen LogP contribution is -2.45. The van der Waals surface area contributed by atoms with Crippen molar-refractivity contribution in [2.24, 2.45) is 0 Å². The van der Waals surface area contributed by atoms with Gasteiger partial charge in [-0.3, -0.25) is 9.78 Å². The van der Waals surface area contributed by atoms with Crippen LogP contribution in [0.5, 0.6) is 5.75 Å². The molecule has 1 amide bonds. The summed E-state index contributed by atoms with van der Waals surface area (Å²) >= 11 is 0. The standard InChI is InChI=1S/C18H20F2N4O2/c1-11(24-17(26)18(2,19)20)9-22-16-5-3-12(7-13(16)8-21)15-6-4-14(25)10-23-15/h3-8,10-11,21-22,25H,9H2,1-2H3,(H,24,26). The molecule has 1 aromatic heterocycles. The van der Waals surface area contributed by atoms with Gasteiger partial charge >= 0.3 is 5.92 Å². The summed E-state index contributed by atoms with van der Waals surface area (Å²) in [5.41, 5.74) is 2.62. The van der Waals surface area contributed by atoms with E-state index >= 15 is 0 Å². The molecule has 0 radical (unpaired) electrons. The van der Waals surface area contributed by atoms with Gasteiger partial charge in [-0.15, -0.1) is 0 Å². The molecule has 0 aliphatic rings. The van der Waals surface area contributed by atoms with E-state index in [4.69, 9.17) is 5.41 Å². The lowest BCUT2D eigenvalue weighted by atomic mass is 10.1. The van der Waals surface area contributed by atoms with Crippen LogP contribution in [0.25, 0.3) is 11.3 Å². The van der Waals surface area contributed by atoms with Crippen molar-refractivity contribution in [2.45, 2.75) is 25.8 Å². The van der Waals surface area contributed by atoms with E-state index in [1.54, 1.807) is 31.2 Å². The average molecular weight is 362 g/mol. The second-order valence-electron chi connectivity index (χ2n) is 5.99. The van der Waals surface area contributed by atoms with Crippen molar-refractivity contribution in [3.63, 3.8) is 0 Å². The highest BCUT2D eigenvalue weighted by Crippen LogP contribution is 2.24. The zero-order valence-corrected chi connectivity index (χ0v) is 14.4. The average Bonchev–Trinajstić information content (AvgIpc) is 2.59. The first kappa shape index (κ1) is 19.3. The van der Waals surface area contributed by atoms with Crippen LogP contribution in [0, 0.1) is 5.41 Å². The normalized spacial score (nSPS) is 12.3. The summed E-state index contributed by atoms with van der Waals surface area (Å²) < 4.78 is 25.8. The fourth-order valence-corrected chi connectivity index (χ4v) is 2.22. The highest BCUT2D eigenvalue weighted by Gasteiger charge is 2.32. The van der Waals surface area contributed by atoms with Gasteiger partial charge in [0.1, 0.15) is 5.75 Å². The van der Waals surface area contributed by atoms with Crippen LogP contribution in [-0.2, 0) is 4.79 Å². The predicted octanol–water partition coefficient (Wildman–Crippen LogP) is 3.02. The number of benzene rings is 1. The van der Waals surface area contributed by atoms with Gasteiger partial charge in [-0.1, -0.05) is 6.07 Å². The number of alkyl halides is 2. The van der Waals surface area contributed by atoms with E-state index in [9.17, 15) is 18.7 Å². The number of aromatic nitrogens is 1. The first-order valence-corrected chi connectivity index (χ1v) is 7.93. The lowest BCUT2D eigenvalue weighted by molar-refractivity contribution is -0.143. The minimum Gasteiger partial charge on any atom is -0.506 e. The molecule has 0 spiro atoms. The van der Waals surface area contributed by atoms with Crippen LogP contribution in [0.1, 0.15) is 19.4 Å². The summed E-state index contributed by atoms with van der Waals surface area (Å²) in [6.45, 7) is 2.38. The Kier molecular flexibility index (Phi) is 5.86. The van der Waals surface area contributed by atoms with Crippen LogP contribution in [0.3, 0.4) is 0 Å². The number of anilines is 1. The second-order valence-corrected chi connectivity index (χ2v) is 5.99. The zero-order chi connectivity index (χ0) is 19.3. The molecule has 2 aromatic rings. The van der Waals surface area contributed by atoms with Gasteiger partial charge in [-0.2, -0.15) is 8.78 Å². The maximum absolute atomic E-state index is 12.9. The number of hydrogen-bond donors (Lipinski definition) is 4. The minimum absolute atomic E-state index is 0.0630. The Balaban J connectivity index is 2.07. The zero-order valence-electron chi connectivity index (χ0n) is 14.4. The topological polar surface area (TPSA) is 98.1 Å². The highest BCUT2D eigenvalue weighted by atomic mass is 19.3. The van der Waals surface area contributed by atoms with Gasteiger partial charge < -0.3 is 21.1 Å². The molecule has 0 aliphatic heterocycles. The number of amides is 1. The van der Waals surface area contributed by atoms with Gasteiger partial charge in [0, 0.05) is 42.5 Å². The van der Waals surface area contributed by atoms with Crippen LogP contribution < -0.4 is 10.6 Å². The van der Waals surface area contributed by atoms with Crippen LogP contribution in [0.15, 0.2) is 36.5 Å². The number of carbonyl (C=O) groups is 1. The van der Waals surface area contributed by atoms with Crippen molar-refractivity contribution in [3.8, 4) is 17.0 Å². The van der Waals surface area contributed by atoms with Crippen LogP contribution in [0.2, 0.25) is 0 Å². The number of nitrogens with zero attached hydrogens (tertiary/aromatic N) is 1. The monoisotopic (exact) mass is 362 g/mol. The molecular weight excluding hydrogens is 342 g/mol. The van der Waals surface area contributed by atoms with Crippen LogP contribution >= 0.6 is 0 Å². The minimum atomic E-state index is -3.42. The summed E-state index contributed by atoms with van der Waals surface area (Å²) in [7, 11) is 0. The largest absolute Gasteiger partial charge is 0.506 e. The van der Waals surface area contributed by atoms with Crippen LogP contribution in [0.4, 0.5) is 14.5 Å². The third-order valence-electron chi connectivity index (χ3n) is 3.63. The number of pyridine rings is 1. The fraction of sp³-hybridized carbons (Fsp3) is 0.278. The summed E-state index contributed by atoms with van der Waals surface area (Å²) in [5.74, 6) is -4.69. The van der Waals surface area contributed by atoms with Crippen molar-refractivity contribution in [3.05, 3.63) is 42.1 Å². The molecule has 1 unspecified atom stereocenters. The molecule has 0 aliphatic carbocycles. The van der Waals surface area contributed by atoms with Crippen LogP contribution in [-0.4, -0.2) is 40.7 Å². The molecular formula is C18H20F2N4O2. The van der Waals surface area contributed by atoms with Crippen molar-refractivity contribution in [2.75, 3.05) is 11.9 Å². The Morgan fingerprint density at radius 1 is 1.38 bits per heavy atom. The van der Waals surface area contributed by atoms with Crippen molar-refractivity contribution in [1.29, 1.82) is 5.41 Å². The van der Waals surface area contributed by atoms with E-state index in [0.29, 0.717) is 23.9 Å². The Morgan fingerprint density at radius 3 is 2.69 bits per heavy atom. The Bertz CT molecular complexity index is 789. The third-order valence-corrected chi connectivity index (χ3v) is 3.63. The van der Waals surface area contributed by atoms with E-state index in [0.717, 1.165) is 11.8 Å². The summed E-state index contributed by atoms with van der Waals surface area (Å²) in [6, 6.07) is 7.94. The van der Waals surface area contributed by atoms with Gasteiger partial charge in [0.25, 0.3) is 5.91 Å². The number of nitrogens with one attached hydrogen (secondary N) is 3. The van der Waals surface area contributed by atoms with Gasteiger partial charge in [-0.05, 0) is 31.2 Å². The second kappa shape index (κ2) is 7.90. The summed E-state index contributed by atoms with van der Waals surface area (Å²) in [6.07, 6.45) is 2.50. The molecule has 6 nitrogen and oxygen atoms in total. The molecule has 0 bridgehead atoms. The molecule has 0 fully saturated rings. The van der Waals surface area contributed by atoms with E-state index in [1.165, 1.54) is 12.3 Å². The first-order valence-electron chi connectivity index (χ1n) is 7.93. The molecule has 1 heterocycles. The fourth-order valence-electron chi connectivity index (χ4n) is 2.22. The molecule has 26 heavy (non-hydrogen) atoms. The van der Waals surface area contributed by atoms with Crippen molar-refractivity contribution in [1.82, 2.24) is 10.3 Å². The SMILES string of the molecule is CC(CNc1ccc(-c2ccc(O)cn2)cc1C=N)NC(=O)C(C)(F)F. The molecule has 8 heteroatoms. The number of rotatable bonds is 7. The number of hydrogen-bond acceptors (Lipinski definition) is 5. The summed E-state index contributed by atoms with van der Waals surface area (Å²) in [5, 5.41) is 22.1. The smallest absolute Gasteiger partial charge is 0.321 e. The van der Waals surface area contributed by atoms with Crippen molar-refractivity contribution < 1.29 is 18.7 Å². The van der Waals surface area contributed by atoms with E-state index < -0.39 is 17.9 Å². The Morgan fingerprint density at radius 2 is 2.12 bits per heavy atom. The molecule has 138 valence electrons. The van der Waals surface area contributed by atoms with Gasteiger partial charge in [0.05, 0.1) is 11.9 Å². The quantitative estimate of drug-likeness (QED) is 0.569. The number of carbonyl (C=O) groups excluding carboxylic acids is 1. The predicted molar refractivity (Wildman–Crippen MR) is 95.9 cm³/mol.